The molecule has 0 fully saturated rings. The molecule has 2 unspecified atom stereocenters. The van der Waals surface area contributed by atoms with Gasteiger partial charge in [0.05, 0.1) is 0 Å². The van der Waals surface area contributed by atoms with Crippen molar-refractivity contribution in [2.24, 2.45) is 0 Å². The van der Waals surface area contributed by atoms with Gasteiger partial charge in [-0.1, -0.05) is 220 Å². The van der Waals surface area contributed by atoms with Crippen LogP contribution in [0.3, 0.4) is 0 Å². The maximum Gasteiger partial charge on any atom is 0.00670 e. The molecule has 0 radical (unpaired) electrons. The summed E-state index contributed by atoms with van der Waals surface area (Å²) in [5.74, 6) is 0. The van der Waals surface area contributed by atoms with Crippen molar-refractivity contribution in [2.45, 2.75) is 258 Å². The molecule has 1 N–H and O–H groups in total. The fraction of sp³-hybridized carbons (Fsp3) is 1.00. The molecule has 0 aliphatic carbocycles. The Labute approximate surface area is 263 Å². The highest BCUT2D eigenvalue weighted by Crippen LogP contribution is 2.17. The Hall–Kier alpha value is -0.0400. The topological polar surface area (TPSA) is 12.0 Å². The summed E-state index contributed by atoms with van der Waals surface area (Å²) < 4.78 is 0. The van der Waals surface area contributed by atoms with Crippen LogP contribution < -0.4 is 5.32 Å². The van der Waals surface area contributed by atoms with Crippen molar-refractivity contribution in [3.05, 3.63) is 0 Å². The van der Waals surface area contributed by atoms with E-state index in [4.69, 9.17) is 0 Å². The first-order valence-electron chi connectivity index (χ1n) is 20.0. The fourth-order valence-corrected chi connectivity index (χ4v) is 6.67. The summed E-state index contributed by atoms with van der Waals surface area (Å²) in [4.78, 5) is 0. The summed E-state index contributed by atoms with van der Waals surface area (Å²) in [6.45, 7) is 9.40. The van der Waals surface area contributed by atoms with Gasteiger partial charge in [-0.2, -0.15) is 0 Å². The molecule has 248 valence electrons. The van der Waals surface area contributed by atoms with Crippen LogP contribution in [0, 0.1) is 0 Å². The lowest BCUT2D eigenvalue weighted by atomic mass is 9.99. The zero-order valence-corrected chi connectivity index (χ0v) is 29.7. The predicted octanol–water partition coefficient (Wildman–Crippen LogP) is 14.7. The largest absolute Gasteiger partial charge is 0.311 e. The van der Waals surface area contributed by atoms with E-state index < -0.39 is 0 Å². The van der Waals surface area contributed by atoms with Crippen molar-refractivity contribution in [2.75, 3.05) is 0 Å². The molecule has 2 atom stereocenters. The van der Waals surface area contributed by atoms with Crippen molar-refractivity contribution in [1.82, 2.24) is 5.32 Å². The standard InChI is InChI=1S/C40H83N/c1-5-9-11-13-15-17-19-21-23-25-27-29-31-33-35-37-39(7-3)41-40(8-4)38-36-34-32-30-28-26-24-22-20-18-16-14-12-10-6-2/h39-41H,5-38H2,1-4H3. The van der Waals surface area contributed by atoms with Crippen molar-refractivity contribution in [1.29, 1.82) is 0 Å². The maximum absolute atomic E-state index is 4.05. The average molecular weight is 578 g/mol. The molecule has 0 spiro atoms. The van der Waals surface area contributed by atoms with Crippen LogP contribution in [0.2, 0.25) is 0 Å². The normalized spacial score (nSPS) is 13.2. The average Bonchev–Trinajstić information content (AvgIpc) is 2.99. The molecule has 0 saturated carbocycles. The quantitative estimate of drug-likeness (QED) is 0.0730. The molecule has 0 aliphatic heterocycles. The minimum atomic E-state index is 0.748. The van der Waals surface area contributed by atoms with Crippen molar-refractivity contribution in [3.8, 4) is 0 Å². The van der Waals surface area contributed by atoms with Gasteiger partial charge < -0.3 is 5.32 Å². The lowest BCUT2D eigenvalue weighted by Crippen LogP contribution is -2.37. The number of nitrogens with one attached hydrogen (secondary N) is 1. The van der Waals surface area contributed by atoms with Gasteiger partial charge in [-0.05, 0) is 25.7 Å². The molecular weight excluding hydrogens is 494 g/mol. The van der Waals surface area contributed by atoms with E-state index >= 15 is 0 Å². The molecule has 0 aliphatic rings. The molecular formula is C40H83N. The van der Waals surface area contributed by atoms with Crippen LogP contribution in [0.25, 0.3) is 0 Å². The van der Waals surface area contributed by atoms with Crippen LogP contribution >= 0.6 is 0 Å². The fourth-order valence-electron chi connectivity index (χ4n) is 6.67. The van der Waals surface area contributed by atoms with Crippen LogP contribution in [0.5, 0.6) is 0 Å². The first kappa shape index (κ1) is 41.0. The minimum Gasteiger partial charge on any atom is -0.311 e. The van der Waals surface area contributed by atoms with Crippen LogP contribution in [0.15, 0.2) is 0 Å². The number of hydrogen-bond donors (Lipinski definition) is 1. The summed E-state index contributed by atoms with van der Waals surface area (Å²) in [6.07, 6.45) is 49.2. The second-order valence-corrected chi connectivity index (χ2v) is 13.9. The Morgan fingerprint density at radius 1 is 0.268 bits per heavy atom. The van der Waals surface area contributed by atoms with Crippen molar-refractivity contribution >= 4 is 0 Å². The second-order valence-electron chi connectivity index (χ2n) is 13.9. The molecule has 1 heteroatoms. The van der Waals surface area contributed by atoms with E-state index in [1.165, 1.54) is 218 Å². The SMILES string of the molecule is CCCCCCCCCCCCCCCCCC(CC)NC(CC)CCCCCCCCCCCCCCCCC. The van der Waals surface area contributed by atoms with Gasteiger partial charge in [-0.25, -0.2) is 0 Å². The number of unbranched alkanes of at least 4 members (excludes halogenated alkanes) is 28. The highest BCUT2D eigenvalue weighted by Gasteiger charge is 2.12. The zero-order chi connectivity index (χ0) is 29.9. The third kappa shape index (κ3) is 32.7. The van der Waals surface area contributed by atoms with E-state index in [2.05, 4.69) is 33.0 Å². The van der Waals surface area contributed by atoms with E-state index in [0.29, 0.717) is 0 Å². The number of hydrogen-bond acceptors (Lipinski definition) is 1. The molecule has 41 heavy (non-hydrogen) atoms. The van der Waals surface area contributed by atoms with E-state index in [-0.39, 0.29) is 0 Å². The third-order valence-corrected chi connectivity index (χ3v) is 9.77. The van der Waals surface area contributed by atoms with Crippen LogP contribution in [0.1, 0.15) is 246 Å². The monoisotopic (exact) mass is 578 g/mol. The van der Waals surface area contributed by atoms with Crippen LogP contribution in [-0.2, 0) is 0 Å². The van der Waals surface area contributed by atoms with E-state index in [9.17, 15) is 0 Å². The molecule has 0 aromatic heterocycles. The Balaban J connectivity index is 3.50. The van der Waals surface area contributed by atoms with Crippen molar-refractivity contribution in [3.63, 3.8) is 0 Å². The van der Waals surface area contributed by atoms with E-state index in [0.717, 1.165) is 12.1 Å². The Bertz CT molecular complexity index is 406. The molecule has 1 nitrogen and oxygen atoms in total. The molecule has 0 heterocycles. The van der Waals surface area contributed by atoms with Gasteiger partial charge in [-0.3, -0.25) is 0 Å². The number of rotatable bonds is 36. The van der Waals surface area contributed by atoms with Gasteiger partial charge in [0.2, 0.25) is 0 Å². The summed E-state index contributed by atoms with van der Waals surface area (Å²) in [5, 5.41) is 4.05. The van der Waals surface area contributed by atoms with Crippen LogP contribution in [-0.4, -0.2) is 12.1 Å². The first-order valence-corrected chi connectivity index (χ1v) is 20.0. The summed E-state index contributed by atoms with van der Waals surface area (Å²) in [5.41, 5.74) is 0. The smallest absolute Gasteiger partial charge is 0.00670 e. The van der Waals surface area contributed by atoms with Gasteiger partial charge in [0, 0.05) is 12.1 Å². The Morgan fingerprint density at radius 3 is 0.659 bits per heavy atom. The third-order valence-electron chi connectivity index (χ3n) is 9.77. The molecule has 0 rings (SSSR count). The molecule has 0 amide bonds. The summed E-state index contributed by atoms with van der Waals surface area (Å²) in [6, 6.07) is 1.50. The van der Waals surface area contributed by atoms with Gasteiger partial charge >= 0.3 is 0 Å². The minimum absolute atomic E-state index is 0.748. The van der Waals surface area contributed by atoms with Crippen LogP contribution in [0.4, 0.5) is 0 Å². The lowest BCUT2D eigenvalue weighted by molar-refractivity contribution is 0.356. The Morgan fingerprint density at radius 2 is 0.463 bits per heavy atom. The van der Waals surface area contributed by atoms with Gasteiger partial charge in [0.1, 0.15) is 0 Å². The first-order chi connectivity index (χ1) is 20.3. The van der Waals surface area contributed by atoms with Crippen molar-refractivity contribution < 1.29 is 0 Å². The lowest BCUT2D eigenvalue weighted by Gasteiger charge is -2.24. The summed E-state index contributed by atoms with van der Waals surface area (Å²) in [7, 11) is 0. The predicted molar refractivity (Wildman–Crippen MR) is 190 cm³/mol. The van der Waals surface area contributed by atoms with E-state index in [1.54, 1.807) is 0 Å². The zero-order valence-electron chi connectivity index (χ0n) is 29.7. The maximum atomic E-state index is 4.05. The summed E-state index contributed by atoms with van der Waals surface area (Å²) >= 11 is 0. The molecule has 0 saturated heterocycles. The highest BCUT2D eigenvalue weighted by atomic mass is 14.9. The van der Waals surface area contributed by atoms with E-state index in [1.807, 2.05) is 0 Å². The second kappa shape index (κ2) is 36.2. The molecule has 0 aromatic carbocycles. The molecule has 0 bridgehead atoms. The van der Waals surface area contributed by atoms with Gasteiger partial charge in [0.15, 0.2) is 0 Å². The highest BCUT2D eigenvalue weighted by molar-refractivity contribution is 4.73. The molecule has 0 aromatic rings. The Kier molecular flexibility index (Phi) is 36.1. The van der Waals surface area contributed by atoms with Gasteiger partial charge in [0.25, 0.3) is 0 Å². The van der Waals surface area contributed by atoms with Gasteiger partial charge in [-0.15, -0.1) is 0 Å².